The fraction of sp³-hybridized carbons (Fsp3) is 0.522. The van der Waals surface area contributed by atoms with E-state index < -0.39 is 35.3 Å². The summed E-state index contributed by atoms with van der Waals surface area (Å²) in [5, 5.41) is 3.81. The van der Waals surface area contributed by atoms with Crippen molar-refractivity contribution in [3.63, 3.8) is 0 Å². The molecule has 0 aliphatic rings. The predicted molar refractivity (Wildman–Crippen MR) is 126 cm³/mol. The van der Waals surface area contributed by atoms with Crippen LogP contribution in [-0.2, 0) is 23.9 Å². The fourth-order valence-corrected chi connectivity index (χ4v) is 2.78. The molecule has 0 aromatic heterocycles. The average molecular weight is 478 g/mol. The van der Waals surface area contributed by atoms with Crippen LogP contribution in [-0.4, -0.2) is 47.0 Å². The number of alkyl carbamates (subject to hydrolysis) is 1. The average Bonchev–Trinajstić information content (AvgIpc) is 2.75. The molecular formula is C23H35N5O6. The first-order valence-electron chi connectivity index (χ1n) is 11.2. The smallest absolute Gasteiger partial charge is 0.414 e. The molecule has 0 fully saturated rings. The summed E-state index contributed by atoms with van der Waals surface area (Å²) < 4.78 is 5.03. The van der Waals surface area contributed by atoms with Crippen molar-refractivity contribution in [2.45, 2.75) is 72.3 Å². The molecule has 5 amide bonds. The Morgan fingerprint density at radius 2 is 1.62 bits per heavy atom. The van der Waals surface area contributed by atoms with Crippen LogP contribution in [0.3, 0.4) is 0 Å². The summed E-state index contributed by atoms with van der Waals surface area (Å²) in [6, 6.07) is 6.80. The maximum atomic E-state index is 13.2. The van der Waals surface area contributed by atoms with E-state index in [-0.39, 0.29) is 18.2 Å². The van der Waals surface area contributed by atoms with Gasteiger partial charge < -0.3 is 10.5 Å². The van der Waals surface area contributed by atoms with E-state index in [0.717, 1.165) is 22.1 Å². The Bertz CT molecular complexity index is 894. The van der Waals surface area contributed by atoms with Crippen LogP contribution in [0.1, 0.15) is 72.3 Å². The lowest BCUT2D eigenvalue weighted by atomic mass is 9.98. The zero-order valence-corrected chi connectivity index (χ0v) is 20.6. The summed E-state index contributed by atoms with van der Waals surface area (Å²) in [6.07, 6.45) is 0.986. The van der Waals surface area contributed by atoms with Crippen molar-refractivity contribution >= 4 is 35.4 Å². The molecule has 1 atom stereocenters. The highest BCUT2D eigenvalue weighted by Crippen LogP contribution is 2.23. The molecule has 188 valence electrons. The number of nitrogens with zero attached hydrogens (tertiary/aromatic N) is 2. The summed E-state index contributed by atoms with van der Waals surface area (Å²) in [6.45, 7) is 10.9. The van der Waals surface area contributed by atoms with E-state index in [2.05, 4.69) is 5.43 Å². The van der Waals surface area contributed by atoms with Gasteiger partial charge in [0.2, 0.25) is 0 Å². The van der Waals surface area contributed by atoms with Crippen LogP contribution in [0.15, 0.2) is 24.3 Å². The second-order valence-corrected chi connectivity index (χ2v) is 8.76. The van der Waals surface area contributed by atoms with Gasteiger partial charge in [0.25, 0.3) is 0 Å². The van der Waals surface area contributed by atoms with Crippen molar-refractivity contribution in [3.05, 3.63) is 29.8 Å². The van der Waals surface area contributed by atoms with Crippen LogP contribution < -0.4 is 21.5 Å². The van der Waals surface area contributed by atoms with Gasteiger partial charge in [0.15, 0.2) is 0 Å². The second-order valence-electron chi connectivity index (χ2n) is 8.76. The Labute approximate surface area is 199 Å². The van der Waals surface area contributed by atoms with E-state index in [1.165, 1.54) is 0 Å². The van der Waals surface area contributed by atoms with E-state index in [1.807, 2.05) is 26.1 Å². The highest BCUT2D eigenvalue weighted by atomic mass is 16.6. The number of benzene rings is 1. The van der Waals surface area contributed by atoms with Crippen molar-refractivity contribution in [3.8, 4) is 0 Å². The molecule has 0 bridgehead atoms. The molecule has 0 spiro atoms. The molecular weight excluding hydrogens is 442 g/mol. The number of nitrogens with two attached hydrogens (primary N) is 1. The standard InChI is InChI=1S/C23H35N5O6/c1-7-9-14-27(26-19(30)18(24)29)28(17-12-10-16(11-13-17)15(3)8-2)21(32)20(31)25-22(33)34-23(4,5)6/h10-13,15H,7-9,14H2,1-6H3,(H2,24,29)(H,26,30)(H,25,31,33). The summed E-state index contributed by atoms with van der Waals surface area (Å²) in [5.41, 5.74) is 7.67. The zero-order valence-electron chi connectivity index (χ0n) is 20.6. The topological polar surface area (TPSA) is 151 Å². The predicted octanol–water partition coefficient (Wildman–Crippen LogP) is 2.12. The molecule has 1 aromatic rings. The Balaban J connectivity index is 3.37. The molecule has 11 nitrogen and oxygen atoms in total. The summed E-state index contributed by atoms with van der Waals surface area (Å²) in [5.74, 6) is -4.63. The summed E-state index contributed by atoms with van der Waals surface area (Å²) in [7, 11) is 0. The number of nitrogens with one attached hydrogen (secondary N) is 2. The number of hydrazine groups is 2. The van der Waals surface area contributed by atoms with Crippen LogP contribution in [0.5, 0.6) is 0 Å². The molecule has 0 aliphatic carbocycles. The van der Waals surface area contributed by atoms with Crippen LogP contribution in [0.2, 0.25) is 0 Å². The highest BCUT2D eigenvalue weighted by molar-refractivity contribution is 6.42. The van der Waals surface area contributed by atoms with Crippen molar-refractivity contribution < 1.29 is 28.7 Å². The molecule has 0 heterocycles. The number of primary amides is 1. The molecule has 11 heteroatoms. The minimum Gasteiger partial charge on any atom is -0.444 e. The molecule has 0 aliphatic heterocycles. The first-order valence-corrected chi connectivity index (χ1v) is 11.2. The number of rotatable bonds is 8. The van der Waals surface area contributed by atoms with Gasteiger partial charge in [-0.25, -0.2) is 9.80 Å². The summed E-state index contributed by atoms with van der Waals surface area (Å²) >= 11 is 0. The number of ether oxygens (including phenoxy) is 1. The van der Waals surface area contributed by atoms with Gasteiger partial charge >= 0.3 is 29.7 Å². The molecule has 1 rings (SSSR count). The molecule has 0 saturated carbocycles. The van der Waals surface area contributed by atoms with Gasteiger partial charge in [0.1, 0.15) is 5.60 Å². The quantitative estimate of drug-likeness (QED) is 0.383. The maximum absolute atomic E-state index is 13.2. The number of carbonyl (C=O) groups is 5. The van der Waals surface area contributed by atoms with Gasteiger partial charge in [-0.2, -0.15) is 0 Å². The van der Waals surface area contributed by atoms with E-state index in [1.54, 1.807) is 45.0 Å². The number of hydrogen-bond acceptors (Lipinski definition) is 7. The third-order valence-corrected chi connectivity index (χ3v) is 4.74. The largest absolute Gasteiger partial charge is 0.444 e. The van der Waals surface area contributed by atoms with Gasteiger partial charge in [0.05, 0.1) is 5.69 Å². The zero-order chi connectivity index (χ0) is 26.1. The SMILES string of the molecule is CCCCN(NC(=O)C(N)=O)N(C(=O)C(=O)NC(=O)OC(C)(C)C)c1ccc(C(C)CC)cc1. The minimum absolute atomic E-state index is 0.0775. The Morgan fingerprint density at radius 1 is 1.03 bits per heavy atom. The number of imide groups is 1. The van der Waals surface area contributed by atoms with Gasteiger partial charge in [-0.3, -0.25) is 29.9 Å². The van der Waals surface area contributed by atoms with Gasteiger partial charge in [-0.05, 0) is 57.2 Å². The van der Waals surface area contributed by atoms with Crippen molar-refractivity contribution in [2.75, 3.05) is 11.6 Å². The fourth-order valence-electron chi connectivity index (χ4n) is 2.78. The molecule has 0 radical (unpaired) electrons. The first kappa shape index (κ1) is 28.6. The Morgan fingerprint density at radius 3 is 2.09 bits per heavy atom. The second kappa shape index (κ2) is 12.7. The van der Waals surface area contributed by atoms with E-state index in [9.17, 15) is 24.0 Å². The number of anilines is 1. The first-order chi connectivity index (χ1) is 15.8. The minimum atomic E-state index is -1.28. The molecule has 1 unspecified atom stereocenters. The van der Waals surface area contributed by atoms with E-state index >= 15 is 0 Å². The normalized spacial score (nSPS) is 12.0. The maximum Gasteiger partial charge on any atom is 0.414 e. The third kappa shape index (κ3) is 8.81. The van der Waals surface area contributed by atoms with E-state index in [0.29, 0.717) is 12.8 Å². The monoisotopic (exact) mass is 477 g/mol. The lowest BCUT2D eigenvalue weighted by Gasteiger charge is -2.34. The van der Waals surface area contributed by atoms with Crippen molar-refractivity contribution in [1.82, 2.24) is 15.9 Å². The molecule has 1 aromatic carbocycles. The highest BCUT2D eigenvalue weighted by Gasteiger charge is 2.32. The van der Waals surface area contributed by atoms with Crippen LogP contribution in [0.4, 0.5) is 10.5 Å². The number of amides is 5. The lowest BCUT2D eigenvalue weighted by Crippen LogP contribution is -2.61. The van der Waals surface area contributed by atoms with Crippen LogP contribution >= 0.6 is 0 Å². The third-order valence-electron chi connectivity index (χ3n) is 4.74. The van der Waals surface area contributed by atoms with Crippen LogP contribution in [0.25, 0.3) is 0 Å². The van der Waals surface area contributed by atoms with Crippen molar-refractivity contribution in [1.29, 1.82) is 0 Å². The van der Waals surface area contributed by atoms with Crippen molar-refractivity contribution in [2.24, 2.45) is 5.73 Å². The van der Waals surface area contributed by atoms with Gasteiger partial charge in [0, 0.05) is 6.54 Å². The molecule has 0 saturated heterocycles. The van der Waals surface area contributed by atoms with Gasteiger partial charge in [-0.15, -0.1) is 5.12 Å². The Hall–Kier alpha value is -3.47. The molecule has 4 N–H and O–H groups in total. The van der Waals surface area contributed by atoms with Crippen LogP contribution in [0, 0.1) is 0 Å². The van der Waals surface area contributed by atoms with E-state index in [4.69, 9.17) is 10.5 Å². The number of carbonyl (C=O) groups excluding carboxylic acids is 5. The number of unbranched alkanes of at least 4 members (excludes halogenated alkanes) is 1. The Kier molecular flexibility index (Phi) is 10.7. The summed E-state index contributed by atoms with van der Waals surface area (Å²) in [4.78, 5) is 61.2. The molecule has 34 heavy (non-hydrogen) atoms. The number of hydrogen-bond donors (Lipinski definition) is 3. The lowest BCUT2D eigenvalue weighted by molar-refractivity contribution is -0.144. The van der Waals surface area contributed by atoms with Gasteiger partial charge in [-0.1, -0.05) is 39.3 Å².